The summed E-state index contributed by atoms with van der Waals surface area (Å²) < 4.78 is 4.52. The summed E-state index contributed by atoms with van der Waals surface area (Å²) in [6.45, 7) is 0.341. The highest BCUT2D eigenvalue weighted by molar-refractivity contribution is 5.98. The van der Waals surface area contributed by atoms with Crippen molar-refractivity contribution >= 4 is 17.8 Å². The number of esters is 1. The van der Waals surface area contributed by atoms with Crippen molar-refractivity contribution < 1.29 is 24.2 Å². The third kappa shape index (κ3) is 3.21. The number of amides is 1. The SMILES string of the molecule is COC(=O)CCC(C(=O)O)N1CCc2ccccc2C1=O. The Labute approximate surface area is 122 Å². The van der Waals surface area contributed by atoms with E-state index in [1.165, 1.54) is 12.0 Å². The van der Waals surface area contributed by atoms with Crippen molar-refractivity contribution in [3.63, 3.8) is 0 Å². The molecule has 1 unspecified atom stereocenters. The number of carbonyl (C=O) groups excluding carboxylic acids is 2. The number of fused-ring (bicyclic) bond motifs is 1. The Morgan fingerprint density at radius 2 is 2.10 bits per heavy atom. The Kier molecular flexibility index (Phi) is 4.57. The molecule has 0 fully saturated rings. The summed E-state index contributed by atoms with van der Waals surface area (Å²) in [6, 6.07) is 6.17. The number of carbonyl (C=O) groups is 3. The number of methoxy groups -OCH3 is 1. The normalized spacial score (nSPS) is 15.3. The van der Waals surface area contributed by atoms with Gasteiger partial charge in [-0.25, -0.2) is 4.79 Å². The van der Waals surface area contributed by atoms with Crippen molar-refractivity contribution in [2.24, 2.45) is 0 Å². The molecule has 1 aliphatic heterocycles. The average Bonchev–Trinajstić information content (AvgIpc) is 2.49. The molecule has 0 aliphatic carbocycles. The molecule has 6 heteroatoms. The number of aliphatic carboxylic acids is 1. The first-order valence-corrected chi connectivity index (χ1v) is 6.73. The number of hydrogen-bond donors (Lipinski definition) is 1. The van der Waals surface area contributed by atoms with Crippen LogP contribution in [0.3, 0.4) is 0 Å². The lowest BCUT2D eigenvalue weighted by atomic mass is 9.96. The van der Waals surface area contributed by atoms with Crippen LogP contribution in [0.5, 0.6) is 0 Å². The number of ether oxygens (including phenoxy) is 1. The minimum absolute atomic E-state index is 0.0289. The molecule has 1 atom stereocenters. The zero-order valence-electron chi connectivity index (χ0n) is 11.7. The molecule has 0 spiro atoms. The van der Waals surface area contributed by atoms with E-state index in [-0.39, 0.29) is 18.7 Å². The van der Waals surface area contributed by atoms with Crippen LogP contribution in [0.15, 0.2) is 24.3 Å². The van der Waals surface area contributed by atoms with Gasteiger partial charge in [0.05, 0.1) is 7.11 Å². The first-order valence-electron chi connectivity index (χ1n) is 6.73. The molecule has 1 aliphatic rings. The molecule has 6 nitrogen and oxygen atoms in total. The monoisotopic (exact) mass is 291 g/mol. The summed E-state index contributed by atoms with van der Waals surface area (Å²) in [6.07, 6.45) is 0.638. The molecule has 0 bridgehead atoms. The zero-order valence-corrected chi connectivity index (χ0v) is 11.7. The van der Waals surface area contributed by atoms with E-state index < -0.39 is 18.0 Å². The van der Waals surface area contributed by atoms with Crippen molar-refractivity contribution in [1.82, 2.24) is 4.90 Å². The van der Waals surface area contributed by atoms with Gasteiger partial charge in [-0.1, -0.05) is 18.2 Å². The second kappa shape index (κ2) is 6.39. The van der Waals surface area contributed by atoms with Gasteiger partial charge in [0, 0.05) is 18.5 Å². The maximum Gasteiger partial charge on any atom is 0.326 e. The van der Waals surface area contributed by atoms with E-state index in [9.17, 15) is 19.5 Å². The Morgan fingerprint density at radius 3 is 2.76 bits per heavy atom. The fraction of sp³-hybridized carbons (Fsp3) is 0.400. The number of hydrogen-bond acceptors (Lipinski definition) is 4. The van der Waals surface area contributed by atoms with Gasteiger partial charge in [0.1, 0.15) is 6.04 Å². The molecule has 0 saturated carbocycles. The van der Waals surface area contributed by atoms with Gasteiger partial charge < -0.3 is 14.7 Å². The van der Waals surface area contributed by atoms with Crippen LogP contribution in [0.4, 0.5) is 0 Å². The highest BCUT2D eigenvalue weighted by atomic mass is 16.5. The fourth-order valence-electron chi connectivity index (χ4n) is 2.51. The molecule has 0 saturated heterocycles. The Balaban J connectivity index is 2.17. The number of carboxylic acids is 1. The van der Waals surface area contributed by atoms with Crippen LogP contribution in [0.2, 0.25) is 0 Å². The van der Waals surface area contributed by atoms with E-state index in [2.05, 4.69) is 4.74 Å². The molecule has 2 rings (SSSR count). The molecule has 1 N–H and O–H groups in total. The maximum absolute atomic E-state index is 12.4. The van der Waals surface area contributed by atoms with Gasteiger partial charge in [0.25, 0.3) is 5.91 Å². The van der Waals surface area contributed by atoms with Crippen molar-refractivity contribution in [3.05, 3.63) is 35.4 Å². The van der Waals surface area contributed by atoms with E-state index in [0.29, 0.717) is 18.5 Å². The van der Waals surface area contributed by atoms with Crippen molar-refractivity contribution in [3.8, 4) is 0 Å². The molecule has 0 radical (unpaired) electrons. The molecule has 1 heterocycles. The summed E-state index contributed by atoms with van der Waals surface area (Å²) in [5.41, 5.74) is 1.46. The van der Waals surface area contributed by atoms with Crippen LogP contribution in [0, 0.1) is 0 Å². The van der Waals surface area contributed by atoms with Crippen LogP contribution in [0.1, 0.15) is 28.8 Å². The second-order valence-corrected chi connectivity index (χ2v) is 4.87. The molecule has 1 aromatic rings. The van der Waals surface area contributed by atoms with Gasteiger partial charge in [-0.15, -0.1) is 0 Å². The van der Waals surface area contributed by atoms with Gasteiger partial charge in [-0.05, 0) is 24.5 Å². The lowest BCUT2D eigenvalue weighted by Crippen LogP contribution is -2.48. The van der Waals surface area contributed by atoms with Crippen molar-refractivity contribution in [2.45, 2.75) is 25.3 Å². The van der Waals surface area contributed by atoms with E-state index in [1.807, 2.05) is 12.1 Å². The minimum atomic E-state index is -1.10. The fourth-order valence-corrected chi connectivity index (χ4v) is 2.51. The number of rotatable bonds is 5. The summed E-state index contributed by atoms with van der Waals surface area (Å²) >= 11 is 0. The van der Waals surface area contributed by atoms with Crippen LogP contribution in [-0.2, 0) is 20.7 Å². The summed E-state index contributed by atoms with van der Waals surface area (Å²) in [5.74, 6) is -1.88. The third-order valence-electron chi connectivity index (χ3n) is 3.64. The van der Waals surface area contributed by atoms with Crippen LogP contribution >= 0.6 is 0 Å². The summed E-state index contributed by atoms with van der Waals surface area (Å²) in [4.78, 5) is 36.3. The predicted octanol–water partition coefficient (Wildman–Crippen LogP) is 1.09. The quantitative estimate of drug-likeness (QED) is 0.821. The number of carboxylic acid groups (broad SMARTS) is 1. The second-order valence-electron chi connectivity index (χ2n) is 4.87. The van der Waals surface area contributed by atoms with Gasteiger partial charge >= 0.3 is 11.9 Å². The van der Waals surface area contributed by atoms with E-state index in [0.717, 1.165) is 5.56 Å². The molecular weight excluding hydrogens is 274 g/mol. The van der Waals surface area contributed by atoms with Gasteiger partial charge in [-0.3, -0.25) is 9.59 Å². The Bertz CT molecular complexity index is 569. The van der Waals surface area contributed by atoms with E-state index >= 15 is 0 Å². The van der Waals surface area contributed by atoms with E-state index in [4.69, 9.17) is 0 Å². The Morgan fingerprint density at radius 1 is 1.38 bits per heavy atom. The zero-order chi connectivity index (χ0) is 15.4. The predicted molar refractivity (Wildman–Crippen MR) is 73.9 cm³/mol. The van der Waals surface area contributed by atoms with E-state index in [1.54, 1.807) is 12.1 Å². The first-order chi connectivity index (χ1) is 10.0. The topological polar surface area (TPSA) is 83.9 Å². The van der Waals surface area contributed by atoms with Crippen molar-refractivity contribution in [2.75, 3.05) is 13.7 Å². The third-order valence-corrected chi connectivity index (χ3v) is 3.64. The summed E-state index contributed by atoms with van der Waals surface area (Å²) in [7, 11) is 1.25. The molecule has 21 heavy (non-hydrogen) atoms. The summed E-state index contributed by atoms with van der Waals surface area (Å²) in [5, 5.41) is 9.33. The Hall–Kier alpha value is -2.37. The van der Waals surface area contributed by atoms with Gasteiger partial charge in [0.15, 0.2) is 0 Å². The van der Waals surface area contributed by atoms with Gasteiger partial charge in [0.2, 0.25) is 0 Å². The number of benzene rings is 1. The van der Waals surface area contributed by atoms with Crippen LogP contribution in [-0.4, -0.2) is 47.5 Å². The number of nitrogens with zero attached hydrogens (tertiary/aromatic N) is 1. The van der Waals surface area contributed by atoms with Crippen LogP contribution < -0.4 is 0 Å². The van der Waals surface area contributed by atoms with Crippen molar-refractivity contribution in [1.29, 1.82) is 0 Å². The molecule has 112 valence electrons. The highest BCUT2D eigenvalue weighted by Gasteiger charge is 2.34. The lowest BCUT2D eigenvalue weighted by Gasteiger charge is -2.33. The van der Waals surface area contributed by atoms with Crippen LogP contribution in [0.25, 0.3) is 0 Å². The standard InChI is InChI=1S/C15H17NO5/c1-21-13(17)7-6-12(15(19)20)16-9-8-10-4-2-3-5-11(10)14(16)18/h2-5,12H,6-9H2,1H3,(H,19,20). The largest absolute Gasteiger partial charge is 0.480 e. The lowest BCUT2D eigenvalue weighted by molar-refractivity contribution is -0.144. The van der Waals surface area contributed by atoms with Gasteiger partial charge in [-0.2, -0.15) is 0 Å². The molecular formula is C15H17NO5. The molecule has 1 aromatic carbocycles. The minimum Gasteiger partial charge on any atom is -0.480 e. The molecule has 0 aromatic heterocycles. The highest BCUT2D eigenvalue weighted by Crippen LogP contribution is 2.22. The average molecular weight is 291 g/mol. The smallest absolute Gasteiger partial charge is 0.326 e. The first kappa shape index (κ1) is 15.0. The maximum atomic E-state index is 12.4. The molecule has 1 amide bonds.